The van der Waals surface area contributed by atoms with Crippen LogP contribution in [0.5, 0.6) is 0 Å². The second-order valence-corrected chi connectivity index (χ2v) is 6.99. The number of piperidine rings is 1. The number of aryl methyl sites for hydroxylation is 1. The van der Waals surface area contributed by atoms with Crippen molar-refractivity contribution in [3.63, 3.8) is 0 Å². The molecule has 0 aliphatic carbocycles. The summed E-state index contributed by atoms with van der Waals surface area (Å²) in [5.41, 5.74) is 7.75. The van der Waals surface area contributed by atoms with E-state index in [-0.39, 0.29) is 11.2 Å². The second-order valence-electron chi connectivity index (χ2n) is 6.62. The van der Waals surface area contributed by atoms with E-state index in [1.165, 1.54) is 0 Å². The van der Waals surface area contributed by atoms with Crippen LogP contribution < -0.4 is 11.1 Å². The van der Waals surface area contributed by atoms with Crippen molar-refractivity contribution in [1.29, 1.82) is 0 Å². The quantitative estimate of drug-likeness (QED) is 0.656. The Hall–Kier alpha value is -1.06. The molecule has 0 bridgehead atoms. The van der Waals surface area contributed by atoms with Crippen LogP contribution in [0.1, 0.15) is 49.0 Å². The summed E-state index contributed by atoms with van der Waals surface area (Å²) in [6, 6.07) is 3.72. The van der Waals surface area contributed by atoms with Crippen LogP contribution in [-0.2, 0) is 0 Å². The van der Waals surface area contributed by atoms with Gasteiger partial charge in [-0.2, -0.15) is 0 Å². The SMILES string of the molecule is Cc1ccc(C(=O)C2(CC(C)C)CCNCC2)c(N)c1Cl. The molecule has 1 aliphatic rings. The first-order chi connectivity index (χ1) is 9.87. The molecule has 4 heteroatoms. The number of Topliss-reactive ketones (excluding diaryl/α,β-unsaturated/α-hetero) is 1. The molecule has 0 unspecified atom stereocenters. The highest BCUT2D eigenvalue weighted by atomic mass is 35.5. The van der Waals surface area contributed by atoms with Crippen LogP contribution >= 0.6 is 11.6 Å². The molecule has 0 aromatic heterocycles. The highest BCUT2D eigenvalue weighted by Crippen LogP contribution is 2.41. The van der Waals surface area contributed by atoms with E-state index in [0.29, 0.717) is 22.2 Å². The zero-order valence-electron chi connectivity index (χ0n) is 13.1. The number of hydrogen-bond donors (Lipinski definition) is 2. The van der Waals surface area contributed by atoms with Gasteiger partial charge < -0.3 is 11.1 Å². The largest absolute Gasteiger partial charge is 0.397 e. The number of ketones is 1. The monoisotopic (exact) mass is 308 g/mol. The third kappa shape index (κ3) is 3.24. The summed E-state index contributed by atoms with van der Waals surface area (Å²) in [7, 11) is 0. The van der Waals surface area contributed by atoms with Crippen LogP contribution in [0.15, 0.2) is 12.1 Å². The molecule has 1 aliphatic heterocycles. The summed E-state index contributed by atoms with van der Waals surface area (Å²) in [5, 5.41) is 3.85. The number of rotatable bonds is 4. The van der Waals surface area contributed by atoms with E-state index in [9.17, 15) is 4.79 Å². The Morgan fingerprint density at radius 2 is 2.00 bits per heavy atom. The second kappa shape index (κ2) is 6.37. The van der Waals surface area contributed by atoms with Gasteiger partial charge in [0.2, 0.25) is 0 Å². The molecule has 1 aromatic carbocycles. The Bertz CT molecular complexity index is 534. The Kier molecular flexibility index (Phi) is 4.95. The van der Waals surface area contributed by atoms with Gasteiger partial charge in [0.1, 0.15) is 0 Å². The van der Waals surface area contributed by atoms with Crippen LogP contribution in [0.4, 0.5) is 5.69 Å². The van der Waals surface area contributed by atoms with E-state index >= 15 is 0 Å². The highest BCUT2D eigenvalue weighted by Gasteiger charge is 2.41. The van der Waals surface area contributed by atoms with Gasteiger partial charge in [-0.25, -0.2) is 0 Å². The molecule has 21 heavy (non-hydrogen) atoms. The van der Waals surface area contributed by atoms with Crippen LogP contribution in [-0.4, -0.2) is 18.9 Å². The number of anilines is 1. The molecule has 1 fully saturated rings. The third-order valence-corrected chi connectivity index (χ3v) is 4.96. The van der Waals surface area contributed by atoms with Crippen LogP contribution in [0.25, 0.3) is 0 Å². The van der Waals surface area contributed by atoms with E-state index < -0.39 is 0 Å². The smallest absolute Gasteiger partial charge is 0.171 e. The lowest BCUT2D eigenvalue weighted by Crippen LogP contribution is -2.43. The third-order valence-electron chi connectivity index (χ3n) is 4.46. The van der Waals surface area contributed by atoms with Crippen LogP contribution in [0.3, 0.4) is 0 Å². The van der Waals surface area contributed by atoms with Gasteiger partial charge in [-0.3, -0.25) is 4.79 Å². The summed E-state index contributed by atoms with van der Waals surface area (Å²) in [6.07, 6.45) is 2.64. The lowest BCUT2D eigenvalue weighted by atomic mass is 9.68. The molecule has 0 saturated carbocycles. The Labute approximate surface area is 132 Å². The van der Waals surface area contributed by atoms with Gasteiger partial charge >= 0.3 is 0 Å². The Balaban J connectivity index is 2.41. The maximum absolute atomic E-state index is 13.2. The number of nitrogens with two attached hydrogens (primary N) is 1. The zero-order valence-corrected chi connectivity index (χ0v) is 13.9. The summed E-state index contributed by atoms with van der Waals surface area (Å²) >= 11 is 6.23. The van der Waals surface area contributed by atoms with Gasteiger partial charge in [0.05, 0.1) is 10.7 Å². The molecule has 0 radical (unpaired) electrons. The van der Waals surface area contributed by atoms with Gasteiger partial charge in [-0.15, -0.1) is 0 Å². The summed E-state index contributed by atoms with van der Waals surface area (Å²) in [5.74, 6) is 0.645. The predicted molar refractivity (Wildman–Crippen MR) is 88.9 cm³/mol. The van der Waals surface area contributed by atoms with Crippen molar-refractivity contribution in [3.05, 3.63) is 28.3 Å². The lowest BCUT2D eigenvalue weighted by molar-refractivity contribution is 0.0675. The van der Waals surface area contributed by atoms with E-state index in [2.05, 4.69) is 19.2 Å². The van der Waals surface area contributed by atoms with E-state index in [0.717, 1.165) is 37.9 Å². The molecule has 116 valence electrons. The maximum atomic E-state index is 13.2. The normalized spacial score (nSPS) is 18.0. The van der Waals surface area contributed by atoms with Gasteiger partial charge in [0.15, 0.2) is 5.78 Å². The van der Waals surface area contributed by atoms with Gasteiger partial charge in [0.25, 0.3) is 0 Å². The molecule has 0 spiro atoms. The van der Waals surface area contributed by atoms with E-state index in [1.54, 1.807) is 0 Å². The molecule has 2 rings (SSSR count). The van der Waals surface area contributed by atoms with Crippen molar-refractivity contribution in [2.45, 2.75) is 40.0 Å². The standard InChI is InChI=1S/C17H25ClN2O/c1-11(2)10-17(6-8-20-9-7-17)16(21)13-5-4-12(3)14(18)15(13)19/h4-5,11,20H,6-10,19H2,1-3H3. The molecule has 1 heterocycles. The minimum Gasteiger partial charge on any atom is -0.397 e. The molecule has 3 N–H and O–H groups in total. The molecule has 1 aromatic rings. The first-order valence-corrected chi connectivity index (χ1v) is 8.05. The Morgan fingerprint density at radius 3 is 2.57 bits per heavy atom. The van der Waals surface area contributed by atoms with Gasteiger partial charge in [-0.05, 0) is 56.8 Å². The number of halogens is 1. The number of nitrogen functional groups attached to an aromatic ring is 1. The molecule has 0 amide bonds. The minimum atomic E-state index is -0.299. The topological polar surface area (TPSA) is 55.1 Å². The molecule has 1 saturated heterocycles. The van der Waals surface area contributed by atoms with E-state index in [1.807, 2.05) is 19.1 Å². The lowest BCUT2D eigenvalue weighted by Gasteiger charge is -2.38. The predicted octanol–water partition coefficient (Wildman–Crippen LogP) is 3.83. The van der Waals surface area contributed by atoms with Gasteiger partial charge in [0, 0.05) is 11.0 Å². The first kappa shape index (κ1) is 16.3. The zero-order chi connectivity index (χ0) is 15.6. The molecule has 0 atom stereocenters. The van der Waals surface area contributed by atoms with Crippen molar-refractivity contribution in [2.24, 2.45) is 11.3 Å². The van der Waals surface area contributed by atoms with Crippen LogP contribution in [0.2, 0.25) is 5.02 Å². The fourth-order valence-electron chi connectivity index (χ4n) is 3.40. The first-order valence-electron chi connectivity index (χ1n) is 7.67. The average molecular weight is 309 g/mol. The molecule has 3 nitrogen and oxygen atoms in total. The van der Waals surface area contributed by atoms with Crippen molar-refractivity contribution >= 4 is 23.1 Å². The van der Waals surface area contributed by atoms with Crippen LogP contribution in [0, 0.1) is 18.3 Å². The fraction of sp³-hybridized carbons (Fsp3) is 0.588. The van der Waals surface area contributed by atoms with Crippen molar-refractivity contribution in [1.82, 2.24) is 5.32 Å². The maximum Gasteiger partial charge on any atom is 0.171 e. The highest BCUT2D eigenvalue weighted by molar-refractivity contribution is 6.34. The number of nitrogens with one attached hydrogen (secondary N) is 1. The van der Waals surface area contributed by atoms with Crippen molar-refractivity contribution in [3.8, 4) is 0 Å². The van der Waals surface area contributed by atoms with Crippen molar-refractivity contribution in [2.75, 3.05) is 18.8 Å². The number of benzene rings is 1. The van der Waals surface area contributed by atoms with Crippen molar-refractivity contribution < 1.29 is 4.79 Å². The van der Waals surface area contributed by atoms with Gasteiger partial charge in [-0.1, -0.05) is 31.5 Å². The summed E-state index contributed by atoms with van der Waals surface area (Å²) in [4.78, 5) is 13.2. The number of hydrogen-bond acceptors (Lipinski definition) is 3. The minimum absolute atomic E-state index is 0.164. The Morgan fingerprint density at radius 1 is 1.38 bits per heavy atom. The van der Waals surface area contributed by atoms with E-state index in [4.69, 9.17) is 17.3 Å². The number of carbonyl (C=O) groups excluding carboxylic acids is 1. The fourth-order valence-corrected chi connectivity index (χ4v) is 3.56. The molecular formula is C17H25ClN2O. The average Bonchev–Trinajstić information content (AvgIpc) is 2.44. The molecular weight excluding hydrogens is 284 g/mol. The summed E-state index contributed by atoms with van der Waals surface area (Å²) in [6.45, 7) is 8.02. The summed E-state index contributed by atoms with van der Waals surface area (Å²) < 4.78 is 0. The number of carbonyl (C=O) groups is 1.